The lowest BCUT2D eigenvalue weighted by atomic mass is 10.1. The zero-order valence-electron chi connectivity index (χ0n) is 17.9. The minimum atomic E-state index is -1.57. The molecule has 2 aromatic heterocycles. The lowest BCUT2D eigenvalue weighted by molar-refractivity contribution is 0.439. The molecule has 0 fully saturated rings. The van der Waals surface area contributed by atoms with Gasteiger partial charge in [0.05, 0.1) is 23.1 Å². The van der Waals surface area contributed by atoms with E-state index < -0.39 is 29.1 Å². The molecule has 0 unspecified atom stereocenters. The van der Waals surface area contributed by atoms with E-state index in [4.69, 9.17) is 16.3 Å². The van der Waals surface area contributed by atoms with Crippen LogP contribution in [0.3, 0.4) is 0 Å². The predicted octanol–water partition coefficient (Wildman–Crippen LogP) is 6.12. The number of ether oxygens (including phenoxy) is 1. The molecular weight excluding hydrogens is 455 g/mol. The van der Waals surface area contributed by atoms with Gasteiger partial charge in [-0.1, -0.05) is 11.6 Å². The van der Waals surface area contributed by atoms with Gasteiger partial charge in [0.25, 0.3) is 5.56 Å². The van der Waals surface area contributed by atoms with Crippen LogP contribution in [-0.2, 0) is 0 Å². The summed E-state index contributed by atoms with van der Waals surface area (Å²) in [5.41, 5.74) is 2.17. The fourth-order valence-electron chi connectivity index (χ4n) is 3.54. The van der Waals surface area contributed by atoms with E-state index in [9.17, 15) is 18.0 Å². The molecule has 5 nitrogen and oxygen atoms in total. The van der Waals surface area contributed by atoms with Gasteiger partial charge in [0.1, 0.15) is 5.75 Å². The molecule has 0 radical (unpaired) electrons. The first-order valence-electron chi connectivity index (χ1n) is 9.99. The minimum Gasteiger partial charge on any atom is -0.451 e. The van der Waals surface area contributed by atoms with Crippen molar-refractivity contribution in [2.75, 3.05) is 0 Å². The smallest absolute Gasteiger partial charge is 0.294 e. The Morgan fingerprint density at radius 3 is 2.33 bits per heavy atom. The van der Waals surface area contributed by atoms with Crippen molar-refractivity contribution in [1.82, 2.24) is 14.1 Å². The van der Waals surface area contributed by atoms with Gasteiger partial charge in [0, 0.05) is 24.1 Å². The van der Waals surface area contributed by atoms with E-state index in [0.29, 0.717) is 5.75 Å². The molecule has 0 aliphatic heterocycles. The third-order valence-electron chi connectivity index (χ3n) is 5.27. The molecule has 2 heterocycles. The maximum Gasteiger partial charge on any atom is 0.294 e. The molecular formula is C24H19ClF3N3O2. The largest absolute Gasteiger partial charge is 0.451 e. The van der Waals surface area contributed by atoms with Gasteiger partial charge in [-0.25, -0.2) is 18.2 Å². The number of hydrogen-bond donors (Lipinski definition) is 0. The van der Waals surface area contributed by atoms with Crippen molar-refractivity contribution in [3.05, 3.63) is 105 Å². The van der Waals surface area contributed by atoms with Gasteiger partial charge in [-0.05, 0) is 62.2 Å². The normalized spacial score (nSPS) is 12.1. The van der Waals surface area contributed by atoms with E-state index in [1.54, 1.807) is 25.4 Å². The zero-order chi connectivity index (χ0) is 23.9. The number of hydrogen-bond acceptors (Lipinski definition) is 3. The highest BCUT2D eigenvalue weighted by atomic mass is 35.5. The molecule has 4 aromatic rings. The van der Waals surface area contributed by atoms with E-state index in [1.807, 2.05) is 30.7 Å². The third-order valence-corrected chi connectivity index (χ3v) is 5.48. The van der Waals surface area contributed by atoms with Crippen LogP contribution in [0.1, 0.15) is 29.8 Å². The molecule has 0 aliphatic rings. The minimum absolute atomic E-state index is 0.0666. The van der Waals surface area contributed by atoms with Crippen LogP contribution in [0.4, 0.5) is 13.2 Å². The van der Waals surface area contributed by atoms with Crippen LogP contribution in [0.25, 0.3) is 5.69 Å². The first-order valence-corrected chi connectivity index (χ1v) is 10.4. The monoisotopic (exact) mass is 473 g/mol. The Balaban J connectivity index is 1.68. The van der Waals surface area contributed by atoms with Crippen LogP contribution >= 0.6 is 11.6 Å². The number of pyridine rings is 1. The number of imidazole rings is 1. The number of halogens is 4. The standard InChI is InChI=1S/C24H19ClF3N3O2/c1-13-6-18(4-5-21(13)30-10-14(2)29-12-30)33-22-9-17(25)11-31(24(22)32)15(3)16-7-19(26)23(28)20(27)8-16/h4-12,15H,1-3H3/t15-/m0/s1. The van der Waals surface area contributed by atoms with Crippen LogP contribution in [0.2, 0.25) is 5.02 Å². The number of nitrogens with zero attached hydrogens (tertiary/aromatic N) is 3. The number of aryl methyl sites for hydroxylation is 2. The summed E-state index contributed by atoms with van der Waals surface area (Å²) in [4.78, 5) is 17.3. The summed E-state index contributed by atoms with van der Waals surface area (Å²) in [6.45, 7) is 5.33. The maximum absolute atomic E-state index is 13.7. The average molecular weight is 474 g/mol. The summed E-state index contributed by atoms with van der Waals surface area (Å²) in [5.74, 6) is -3.91. The second-order valence-electron chi connectivity index (χ2n) is 7.68. The van der Waals surface area contributed by atoms with Crippen molar-refractivity contribution >= 4 is 11.6 Å². The summed E-state index contributed by atoms with van der Waals surface area (Å²) in [7, 11) is 0. The van der Waals surface area contributed by atoms with Crippen LogP contribution < -0.4 is 10.3 Å². The van der Waals surface area contributed by atoms with Crippen LogP contribution in [0, 0.1) is 31.3 Å². The first-order chi connectivity index (χ1) is 15.6. The molecule has 0 saturated carbocycles. The quantitative estimate of drug-likeness (QED) is 0.328. The number of benzene rings is 2. The second kappa shape index (κ2) is 8.78. The Labute approximate surface area is 192 Å². The molecule has 1 atom stereocenters. The fourth-order valence-corrected chi connectivity index (χ4v) is 3.75. The Bertz CT molecular complexity index is 1390. The molecule has 0 spiro atoms. The van der Waals surface area contributed by atoms with Crippen molar-refractivity contribution in [1.29, 1.82) is 0 Å². The Hall–Kier alpha value is -3.52. The van der Waals surface area contributed by atoms with Gasteiger partial charge >= 0.3 is 0 Å². The van der Waals surface area contributed by atoms with Crippen molar-refractivity contribution in [3.63, 3.8) is 0 Å². The Kier molecular flexibility index (Phi) is 6.03. The van der Waals surface area contributed by atoms with Gasteiger partial charge in [0.2, 0.25) is 0 Å². The number of rotatable bonds is 5. The molecule has 0 bridgehead atoms. The van der Waals surface area contributed by atoms with E-state index in [2.05, 4.69) is 4.98 Å². The van der Waals surface area contributed by atoms with E-state index >= 15 is 0 Å². The van der Waals surface area contributed by atoms with Gasteiger partial charge in [0.15, 0.2) is 23.2 Å². The highest BCUT2D eigenvalue weighted by Gasteiger charge is 2.19. The van der Waals surface area contributed by atoms with E-state index in [1.165, 1.54) is 16.8 Å². The van der Waals surface area contributed by atoms with Crippen molar-refractivity contribution in [2.24, 2.45) is 0 Å². The lowest BCUT2D eigenvalue weighted by Crippen LogP contribution is -2.24. The molecule has 0 aliphatic carbocycles. The summed E-state index contributed by atoms with van der Waals surface area (Å²) in [5, 5.41) is 0.182. The summed E-state index contributed by atoms with van der Waals surface area (Å²) in [6.07, 6.45) is 4.92. The van der Waals surface area contributed by atoms with Crippen molar-refractivity contribution < 1.29 is 17.9 Å². The highest BCUT2D eigenvalue weighted by molar-refractivity contribution is 6.30. The summed E-state index contributed by atoms with van der Waals surface area (Å²) in [6, 6.07) is 7.52. The number of aromatic nitrogens is 3. The molecule has 2 aromatic carbocycles. The Morgan fingerprint density at radius 1 is 1.03 bits per heavy atom. The van der Waals surface area contributed by atoms with Gasteiger partial charge in [-0.15, -0.1) is 0 Å². The zero-order valence-corrected chi connectivity index (χ0v) is 18.7. The summed E-state index contributed by atoms with van der Waals surface area (Å²) < 4.78 is 49.6. The first kappa shape index (κ1) is 22.7. The average Bonchev–Trinajstić information content (AvgIpc) is 3.19. The van der Waals surface area contributed by atoms with Crippen molar-refractivity contribution in [3.8, 4) is 17.2 Å². The molecule has 0 amide bonds. The molecule has 33 heavy (non-hydrogen) atoms. The van der Waals surface area contributed by atoms with Crippen molar-refractivity contribution in [2.45, 2.75) is 26.8 Å². The topological polar surface area (TPSA) is 49.0 Å². The summed E-state index contributed by atoms with van der Waals surface area (Å²) >= 11 is 6.19. The van der Waals surface area contributed by atoms with Gasteiger partial charge < -0.3 is 13.9 Å². The van der Waals surface area contributed by atoms with Gasteiger partial charge in [-0.3, -0.25) is 4.79 Å². The predicted molar refractivity (Wildman–Crippen MR) is 119 cm³/mol. The van der Waals surface area contributed by atoms with Crippen LogP contribution in [0.5, 0.6) is 11.5 Å². The van der Waals surface area contributed by atoms with Crippen LogP contribution in [0.15, 0.2) is 59.9 Å². The molecule has 170 valence electrons. The second-order valence-corrected chi connectivity index (χ2v) is 8.12. The molecule has 0 N–H and O–H groups in total. The highest BCUT2D eigenvalue weighted by Crippen LogP contribution is 2.27. The Morgan fingerprint density at radius 2 is 1.73 bits per heavy atom. The SMILES string of the molecule is Cc1cn(-c2ccc(Oc3cc(Cl)cn([C@@H](C)c4cc(F)c(F)c(F)c4)c3=O)cc2C)cn1. The molecule has 9 heteroatoms. The van der Waals surface area contributed by atoms with Gasteiger partial charge in [-0.2, -0.15) is 0 Å². The van der Waals surface area contributed by atoms with Crippen LogP contribution in [-0.4, -0.2) is 14.1 Å². The molecule has 0 saturated heterocycles. The van der Waals surface area contributed by atoms with E-state index in [-0.39, 0.29) is 16.3 Å². The molecule has 4 rings (SSSR count). The maximum atomic E-state index is 13.7. The lowest BCUT2D eigenvalue weighted by Gasteiger charge is -2.18. The third kappa shape index (κ3) is 4.52. The van der Waals surface area contributed by atoms with E-state index in [0.717, 1.165) is 29.1 Å². The fraction of sp³-hybridized carbons (Fsp3) is 0.167.